The maximum atomic E-state index is 12.6. The second-order valence-electron chi connectivity index (χ2n) is 3.99. The van der Waals surface area contributed by atoms with Crippen molar-refractivity contribution < 1.29 is 21.6 Å². The summed E-state index contributed by atoms with van der Waals surface area (Å²) in [6.45, 7) is -0.262. The second kappa shape index (κ2) is 5.09. The zero-order valence-electron chi connectivity index (χ0n) is 9.44. The average molecular weight is 275 g/mol. The fourth-order valence-electron chi connectivity index (χ4n) is 1.84. The van der Waals surface area contributed by atoms with Crippen LogP contribution in [0.5, 0.6) is 0 Å². The minimum atomic E-state index is -4.37. The Hall–Kier alpha value is -0.380. The molecule has 0 aromatic carbocycles. The van der Waals surface area contributed by atoms with Crippen LogP contribution in [0.2, 0.25) is 0 Å². The largest absolute Gasteiger partial charge is 0.405 e. The van der Waals surface area contributed by atoms with E-state index in [1.54, 1.807) is 0 Å². The summed E-state index contributed by atoms with van der Waals surface area (Å²) in [6.07, 6.45) is -3.32. The number of alkyl halides is 3. The van der Waals surface area contributed by atoms with Crippen LogP contribution in [-0.2, 0) is 10.0 Å². The molecular weight excluding hydrogens is 259 g/mol. The number of halogens is 3. The third-order valence-electron chi connectivity index (χ3n) is 2.78. The molecule has 1 aliphatic heterocycles. The van der Waals surface area contributed by atoms with E-state index in [2.05, 4.69) is 0 Å². The second-order valence-corrected chi connectivity index (χ2v) is 5.97. The smallest absolute Gasteiger partial charge is 0.329 e. The number of sulfonamides is 1. The molecule has 0 radical (unpaired) electrons. The van der Waals surface area contributed by atoms with Gasteiger partial charge in [0.15, 0.2) is 0 Å². The van der Waals surface area contributed by atoms with Crippen LogP contribution in [0.3, 0.4) is 0 Å². The van der Waals surface area contributed by atoms with Gasteiger partial charge in [-0.15, -0.1) is 0 Å². The molecule has 17 heavy (non-hydrogen) atoms. The van der Waals surface area contributed by atoms with Gasteiger partial charge in [0.25, 0.3) is 0 Å². The van der Waals surface area contributed by atoms with Crippen molar-refractivity contribution in [3.63, 3.8) is 0 Å². The van der Waals surface area contributed by atoms with Crippen LogP contribution in [0.25, 0.3) is 0 Å². The zero-order chi connectivity index (χ0) is 13.3. The van der Waals surface area contributed by atoms with Gasteiger partial charge in [0.1, 0.15) is 6.04 Å². The Bertz CT molecular complexity index is 350. The maximum Gasteiger partial charge on any atom is 0.405 e. The van der Waals surface area contributed by atoms with E-state index in [9.17, 15) is 21.6 Å². The Labute approximate surface area is 98.4 Å². The summed E-state index contributed by atoms with van der Waals surface area (Å²) in [4.78, 5) is 1.18. The molecule has 0 amide bonds. The Kier molecular flexibility index (Phi) is 4.39. The fraction of sp³-hybridized carbons (Fsp3) is 1.00. The van der Waals surface area contributed by atoms with Crippen molar-refractivity contribution in [1.82, 2.24) is 9.21 Å². The van der Waals surface area contributed by atoms with Gasteiger partial charge in [-0.05, 0) is 0 Å². The molecule has 0 bridgehead atoms. The molecular formula is C8H16F3N3O2S. The van der Waals surface area contributed by atoms with E-state index in [0.29, 0.717) is 0 Å². The Morgan fingerprint density at radius 2 is 1.71 bits per heavy atom. The number of nitrogens with zero attached hydrogens (tertiary/aromatic N) is 2. The quantitative estimate of drug-likeness (QED) is 0.751. The van der Waals surface area contributed by atoms with E-state index in [0.717, 1.165) is 6.26 Å². The number of hydrogen-bond acceptors (Lipinski definition) is 4. The van der Waals surface area contributed by atoms with E-state index in [1.807, 2.05) is 0 Å². The van der Waals surface area contributed by atoms with Gasteiger partial charge in [-0.3, -0.25) is 4.90 Å². The summed E-state index contributed by atoms with van der Waals surface area (Å²) in [7, 11) is -3.32. The molecule has 0 aliphatic carbocycles. The van der Waals surface area contributed by atoms with Crippen LogP contribution in [0.15, 0.2) is 0 Å². The topological polar surface area (TPSA) is 66.6 Å². The van der Waals surface area contributed by atoms with E-state index < -0.39 is 28.8 Å². The summed E-state index contributed by atoms with van der Waals surface area (Å²) >= 11 is 0. The summed E-state index contributed by atoms with van der Waals surface area (Å²) in [5, 5.41) is 0. The first kappa shape index (κ1) is 14.7. The molecule has 1 atom stereocenters. The molecule has 0 saturated carbocycles. The van der Waals surface area contributed by atoms with Gasteiger partial charge in [0.05, 0.1) is 6.26 Å². The molecule has 9 heteroatoms. The predicted octanol–water partition coefficient (Wildman–Crippen LogP) is -0.547. The maximum absolute atomic E-state index is 12.6. The molecule has 0 aromatic rings. The summed E-state index contributed by atoms with van der Waals surface area (Å²) in [5.74, 6) is 0. The van der Waals surface area contributed by atoms with Gasteiger partial charge >= 0.3 is 6.18 Å². The monoisotopic (exact) mass is 275 g/mol. The highest BCUT2D eigenvalue weighted by molar-refractivity contribution is 7.88. The van der Waals surface area contributed by atoms with Crippen molar-refractivity contribution in [2.24, 2.45) is 5.73 Å². The van der Waals surface area contributed by atoms with Crippen LogP contribution in [0.1, 0.15) is 0 Å². The van der Waals surface area contributed by atoms with Gasteiger partial charge in [-0.1, -0.05) is 0 Å². The number of piperazine rings is 1. The molecule has 0 aromatic heterocycles. The molecule has 1 rings (SSSR count). The molecule has 1 heterocycles. The summed E-state index contributed by atoms with van der Waals surface area (Å²) in [5.41, 5.74) is 5.12. The van der Waals surface area contributed by atoms with Crippen LogP contribution < -0.4 is 5.73 Å². The lowest BCUT2D eigenvalue weighted by Gasteiger charge is -2.38. The van der Waals surface area contributed by atoms with Crippen LogP contribution >= 0.6 is 0 Å². The number of nitrogens with two attached hydrogens (primary N) is 1. The normalized spacial score (nSPS) is 22.6. The zero-order valence-corrected chi connectivity index (χ0v) is 10.3. The van der Waals surface area contributed by atoms with E-state index in [-0.39, 0.29) is 26.2 Å². The van der Waals surface area contributed by atoms with Gasteiger partial charge in [0.2, 0.25) is 10.0 Å². The van der Waals surface area contributed by atoms with Crippen LogP contribution in [-0.4, -0.2) is 68.8 Å². The van der Waals surface area contributed by atoms with Crippen LogP contribution in [0.4, 0.5) is 13.2 Å². The van der Waals surface area contributed by atoms with Crippen LogP contribution in [0, 0.1) is 0 Å². The third kappa shape index (κ3) is 3.80. The lowest BCUT2D eigenvalue weighted by atomic mass is 10.2. The predicted molar refractivity (Wildman–Crippen MR) is 56.9 cm³/mol. The van der Waals surface area contributed by atoms with Gasteiger partial charge in [0, 0.05) is 32.7 Å². The molecule has 5 nitrogen and oxygen atoms in total. The minimum Gasteiger partial charge on any atom is -0.329 e. The lowest BCUT2D eigenvalue weighted by molar-refractivity contribution is -0.183. The Morgan fingerprint density at radius 3 is 2.00 bits per heavy atom. The SMILES string of the molecule is CS(=O)(=O)N1CCN(C(CN)C(F)(F)F)CC1. The molecule has 1 aliphatic rings. The van der Waals surface area contributed by atoms with Gasteiger partial charge in [-0.2, -0.15) is 17.5 Å². The minimum absolute atomic E-state index is 0.0500. The molecule has 1 saturated heterocycles. The van der Waals surface area contributed by atoms with Crippen molar-refractivity contribution in [2.75, 3.05) is 39.0 Å². The molecule has 102 valence electrons. The average Bonchev–Trinajstić information content (AvgIpc) is 2.16. The molecule has 1 unspecified atom stereocenters. The van der Waals surface area contributed by atoms with Gasteiger partial charge in [-0.25, -0.2) is 8.42 Å². The number of hydrogen-bond donors (Lipinski definition) is 1. The highest BCUT2D eigenvalue weighted by Crippen LogP contribution is 2.25. The standard InChI is InChI=1S/C8H16F3N3O2S/c1-17(15,16)14-4-2-13(3-5-14)7(6-12)8(9,10)11/h7H,2-6,12H2,1H3. The summed E-state index contributed by atoms with van der Waals surface area (Å²) in [6, 6.07) is -1.69. The highest BCUT2D eigenvalue weighted by atomic mass is 32.2. The molecule has 0 spiro atoms. The molecule has 2 N–H and O–H groups in total. The third-order valence-corrected chi connectivity index (χ3v) is 4.09. The Morgan fingerprint density at radius 1 is 1.24 bits per heavy atom. The van der Waals surface area contributed by atoms with Crippen molar-refractivity contribution in [3.8, 4) is 0 Å². The summed E-state index contributed by atoms with van der Waals surface area (Å²) < 4.78 is 61.3. The Balaban J connectivity index is 2.63. The molecule has 1 fully saturated rings. The van der Waals surface area contributed by atoms with E-state index in [1.165, 1.54) is 9.21 Å². The van der Waals surface area contributed by atoms with Crippen molar-refractivity contribution in [2.45, 2.75) is 12.2 Å². The lowest BCUT2D eigenvalue weighted by Crippen LogP contribution is -2.57. The first-order valence-electron chi connectivity index (χ1n) is 5.12. The first-order valence-corrected chi connectivity index (χ1v) is 6.97. The van der Waals surface area contributed by atoms with Crippen molar-refractivity contribution in [1.29, 1.82) is 0 Å². The fourth-order valence-corrected chi connectivity index (χ4v) is 2.66. The highest BCUT2D eigenvalue weighted by Gasteiger charge is 2.43. The number of rotatable bonds is 3. The van der Waals surface area contributed by atoms with Crippen molar-refractivity contribution >= 4 is 10.0 Å². The van der Waals surface area contributed by atoms with E-state index in [4.69, 9.17) is 5.73 Å². The van der Waals surface area contributed by atoms with Crippen molar-refractivity contribution in [3.05, 3.63) is 0 Å². The first-order chi connectivity index (χ1) is 7.66. The van der Waals surface area contributed by atoms with Gasteiger partial charge < -0.3 is 5.73 Å². The van der Waals surface area contributed by atoms with E-state index >= 15 is 0 Å².